The van der Waals surface area contributed by atoms with E-state index in [1.807, 2.05) is 13.0 Å². The lowest BCUT2D eigenvalue weighted by molar-refractivity contribution is 0.600. The number of hydrogen-bond acceptors (Lipinski definition) is 4. The number of hydrogen-bond donors (Lipinski definition) is 1. The molecule has 0 saturated carbocycles. The van der Waals surface area contributed by atoms with Crippen LogP contribution in [0.5, 0.6) is 0 Å². The number of nitrogens with one attached hydrogen (secondary N) is 1. The number of nitrogens with zero attached hydrogens (tertiary/aromatic N) is 3. The van der Waals surface area contributed by atoms with Crippen molar-refractivity contribution >= 4 is 15.7 Å². The molecule has 1 aromatic carbocycles. The lowest BCUT2D eigenvalue weighted by atomic mass is 10.3. The van der Waals surface area contributed by atoms with E-state index in [2.05, 4.69) is 15.0 Å². The number of aromatic nitrogens is 3. The predicted molar refractivity (Wildman–Crippen MR) is 69.1 cm³/mol. The minimum Gasteiger partial charge on any atom is -0.281 e. The van der Waals surface area contributed by atoms with Gasteiger partial charge in [-0.15, -0.1) is 5.10 Å². The van der Waals surface area contributed by atoms with Crippen molar-refractivity contribution in [3.63, 3.8) is 0 Å². The predicted octanol–water partition coefficient (Wildman–Crippen LogP) is 1.42. The number of rotatable bonds is 5. The molecule has 0 amide bonds. The van der Waals surface area contributed by atoms with Gasteiger partial charge in [0.25, 0.3) is 0 Å². The van der Waals surface area contributed by atoms with Crippen LogP contribution in [0.3, 0.4) is 0 Å². The molecule has 18 heavy (non-hydrogen) atoms. The molecule has 96 valence electrons. The SMILES string of the molecule is CCCS(=O)(=O)Nc1ccccc1-n1ccnn1. The van der Waals surface area contributed by atoms with Crippen molar-refractivity contribution < 1.29 is 8.42 Å². The molecule has 0 aliphatic heterocycles. The molecule has 1 aromatic heterocycles. The Hall–Kier alpha value is -1.89. The molecule has 0 spiro atoms. The van der Waals surface area contributed by atoms with Gasteiger partial charge in [0, 0.05) is 0 Å². The number of sulfonamides is 1. The summed E-state index contributed by atoms with van der Waals surface area (Å²) in [4.78, 5) is 0. The third kappa shape index (κ3) is 2.86. The fourth-order valence-corrected chi connectivity index (χ4v) is 2.73. The fraction of sp³-hybridized carbons (Fsp3) is 0.273. The van der Waals surface area contributed by atoms with Gasteiger partial charge in [0.05, 0.1) is 29.5 Å². The minimum atomic E-state index is -3.31. The zero-order valence-electron chi connectivity index (χ0n) is 9.94. The highest BCUT2D eigenvalue weighted by Crippen LogP contribution is 2.20. The summed E-state index contributed by atoms with van der Waals surface area (Å²) in [6.07, 6.45) is 3.77. The Balaban J connectivity index is 2.35. The average Bonchev–Trinajstić information content (AvgIpc) is 2.82. The first-order valence-corrected chi connectivity index (χ1v) is 7.24. The quantitative estimate of drug-likeness (QED) is 0.888. The third-order valence-corrected chi connectivity index (χ3v) is 3.79. The molecule has 0 saturated heterocycles. The van der Waals surface area contributed by atoms with E-state index >= 15 is 0 Å². The highest BCUT2D eigenvalue weighted by atomic mass is 32.2. The van der Waals surface area contributed by atoms with Gasteiger partial charge in [-0.2, -0.15) is 0 Å². The number of anilines is 1. The van der Waals surface area contributed by atoms with Crippen molar-refractivity contribution in [3.05, 3.63) is 36.7 Å². The maximum atomic E-state index is 11.8. The summed E-state index contributed by atoms with van der Waals surface area (Å²) < 4.78 is 27.6. The zero-order chi connectivity index (χ0) is 13.0. The van der Waals surface area contributed by atoms with Crippen molar-refractivity contribution in [2.24, 2.45) is 0 Å². The van der Waals surface area contributed by atoms with Crippen LogP contribution in [0.25, 0.3) is 5.69 Å². The summed E-state index contributed by atoms with van der Waals surface area (Å²) >= 11 is 0. The Morgan fingerprint density at radius 3 is 2.78 bits per heavy atom. The molecule has 0 aliphatic carbocycles. The molecule has 1 heterocycles. The Kier molecular flexibility index (Phi) is 3.61. The van der Waals surface area contributed by atoms with E-state index in [1.54, 1.807) is 24.4 Å². The Morgan fingerprint density at radius 2 is 2.11 bits per heavy atom. The molecule has 0 aliphatic rings. The van der Waals surface area contributed by atoms with Crippen LogP contribution in [0.2, 0.25) is 0 Å². The van der Waals surface area contributed by atoms with Gasteiger partial charge >= 0.3 is 0 Å². The summed E-state index contributed by atoms with van der Waals surface area (Å²) in [5.74, 6) is 0.0959. The topological polar surface area (TPSA) is 76.9 Å². The second-order valence-electron chi connectivity index (χ2n) is 3.79. The molecule has 0 fully saturated rings. The number of para-hydroxylation sites is 2. The second kappa shape index (κ2) is 5.18. The molecule has 0 unspecified atom stereocenters. The second-order valence-corrected chi connectivity index (χ2v) is 5.63. The van der Waals surface area contributed by atoms with Crippen LogP contribution in [0, 0.1) is 0 Å². The molecule has 6 nitrogen and oxygen atoms in total. The van der Waals surface area contributed by atoms with Gasteiger partial charge in [0.2, 0.25) is 10.0 Å². The fourth-order valence-electron chi connectivity index (χ4n) is 1.58. The van der Waals surface area contributed by atoms with Gasteiger partial charge in [-0.1, -0.05) is 24.3 Å². The van der Waals surface area contributed by atoms with E-state index < -0.39 is 10.0 Å². The van der Waals surface area contributed by atoms with Gasteiger partial charge in [-0.25, -0.2) is 13.1 Å². The van der Waals surface area contributed by atoms with E-state index in [9.17, 15) is 8.42 Å². The van der Waals surface area contributed by atoms with Crippen LogP contribution in [0.4, 0.5) is 5.69 Å². The molecule has 1 N–H and O–H groups in total. The summed E-state index contributed by atoms with van der Waals surface area (Å²) in [7, 11) is -3.31. The van der Waals surface area contributed by atoms with Crippen LogP contribution in [-0.2, 0) is 10.0 Å². The lowest BCUT2D eigenvalue weighted by Gasteiger charge is -2.11. The molecular weight excluding hydrogens is 252 g/mol. The van der Waals surface area contributed by atoms with Crippen LogP contribution in [0.15, 0.2) is 36.7 Å². The minimum absolute atomic E-state index is 0.0959. The van der Waals surface area contributed by atoms with Gasteiger partial charge in [0.15, 0.2) is 0 Å². The molecule has 0 radical (unpaired) electrons. The van der Waals surface area contributed by atoms with E-state index in [4.69, 9.17) is 0 Å². The molecule has 0 atom stereocenters. The number of benzene rings is 1. The van der Waals surface area contributed by atoms with Gasteiger partial charge < -0.3 is 0 Å². The Labute approximate surface area is 106 Å². The van der Waals surface area contributed by atoms with Crippen LogP contribution < -0.4 is 4.72 Å². The van der Waals surface area contributed by atoms with Crippen molar-refractivity contribution in [1.29, 1.82) is 0 Å². The van der Waals surface area contributed by atoms with Crippen molar-refractivity contribution in [1.82, 2.24) is 15.0 Å². The maximum Gasteiger partial charge on any atom is 0.232 e. The smallest absolute Gasteiger partial charge is 0.232 e. The third-order valence-electron chi connectivity index (χ3n) is 2.31. The summed E-state index contributed by atoms with van der Waals surface area (Å²) in [6.45, 7) is 1.82. The lowest BCUT2D eigenvalue weighted by Crippen LogP contribution is -2.17. The first-order valence-electron chi connectivity index (χ1n) is 5.58. The Bertz CT molecular complexity index is 608. The van der Waals surface area contributed by atoms with E-state index in [0.717, 1.165) is 0 Å². The van der Waals surface area contributed by atoms with Crippen LogP contribution >= 0.6 is 0 Å². The summed E-state index contributed by atoms with van der Waals surface area (Å²) in [5, 5.41) is 7.56. The van der Waals surface area contributed by atoms with E-state index in [0.29, 0.717) is 17.8 Å². The normalized spacial score (nSPS) is 11.4. The largest absolute Gasteiger partial charge is 0.281 e. The summed E-state index contributed by atoms with van der Waals surface area (Å²) in [6, 6.07) is 7.06. The van der Waals surface area contributed by atoms with Gasteiger partial charge in [-0.3, -0.25) is 4.72 Å². The first kappa shape index (κ1) is 12.6. The molecule has 0 bridgehead atoms. The first-order chi connectivity index (χ1) is 8.62. The van der Waals surface area contributed by atoms with Crippen molar-refractivity contribution in [2.75, 3.05) is 10.5 Å². The monoisotopic (exact) mass is 266 g/mol. The van der Waals surface area contributed by atoms with E-state index in [1.165, 1.54) is 10.9 Å². The highest BCUT2D eigenvalue weighted by molar-refractivity contribution is 7.92. The van der Waals surface area contributed by atoms with Crippen molar-refractivity contribution in [2.45, 2.75) is 13.3 Å². The Morgan fingerprint density at radius 1 is 1.33 bits per heavy atom. The zero-order valence-corrected chi connectivity index (χ0v) is 10.8. The van der Waals surface area contributed by atoms with Crippen LogP contribution in [0.1, 0.15) is 13.3 Å². The molecular formula is C11H14N4O2S. The van der Waals surface area contributed by atoms with E-state index in [-0.39, 0.29) is 5.75 Å². The standard InChI is InChI=1S/C11H14N4O2S/c1-2-9-18(16,17)13-10-5-3-4-6-11(10)15-8-7-12-14-15/h3-8,13H,2,9H2,1H3. The van der Waals surface area contributed by atoms with Gasteiger partial charge in [-0.05, 0) is 18.6 Å². The maximum absolute atomic E-state index is 11.8. The molecule has 2 rings (SSSR count). The molecule has 7 heteroatoms. The van der Waals surface area contributed by atoms with Gasteiger partial charge in [0.1, 0.15) is 0 Å². The molecule has 2 aromatic rings. The summed E-state index contributed by atoms with van der Waals surface area (Å²) in [5.41, 5.74) is 1.14. The highest BCUT2D eigenvalue weighted by Gasteiger charge is 2.12. The van der Waals surface area contributed by atoms with Crippen LogP contribution in [-0.4, -0.2) is 29.2 Å². The average molecular weight is 266 g/mol. The van der Waals surface area contributed by atoms with Crippen molar-refractivity contribution in [3.8, 4) is 5.69 Å².